The van der Waals surface area contributed by atoms with Crippen molar-refractivity contribution in [1.29, 1.82) is 0 Å². The third-order valence-electron chi connectivity index (χ3n) is 0.461. The van der Waals surface area contributed by atoms with Crippen LogP contribution in [0.5, 0.6) is 0 Å². The SMILES string of the molecule is COP(=O)(O)OC.CP. The van der Waals surface area contributed by atoms with Crippen LogP contribution in [0.15, 0.2) is 0 Å². The molecule has 0 aromatic heterocycles. The molecule has 0 aliphatic rings. The van der Waals surface area contributed by atoms with Gasteiger partial charge in [-0.15, -0.1) is 9.24 Å². The lowest BCUT2D eigenvalue weighted by Crippen LogP contribution is -1.83. The Bertz CT molecular complexity index is 85.8. The Morgan fingerprint density at radius 2 is 1.56 bits per heavy atom. The Morgan fingerprint density at radius 3 is 1.56 bits per heavy atom. The minimum atomic E-state index is -3.65. The zero-order valence-electron chi connectivity index (χ0n) is 5.70. The van der Waals surface area contributed by atoms with Gasteiger partial charge in [0, 0.05) is 14.2 Å². The van der Waals surface area contributed by atoms with Crippen molar-refractivity contribution in [1.82, 2.24) is 0 Å². The van der Waals surface area contributed by atoms with Crippen molar-refractivity contribution in [3.63, 3.8) is 0 Å². The molecule has 0 saturated heterocycles. The van der Waals surface area contributed by atoms with Gasteiger partial charge in [0.15, 0.2) is 0 Å². The van der Waals surface area contributed by atoms with Gasteiger partial charge in [-0.2, -0.15) is 0 Å². The number of hydrogen-bond acceptors (Lipinski definition) is 3. The Balaban J connectivity index is 0. The third kappa shape index (κ3) is 8.54. The van der Waals surface area contributed by atoms with Crippen LogP contribution in [0.25, 0.3) is 0 Å². The number of phosphoric ester groups is 1. The van der Waals surface area contributed by atoms with E-state index in [2.05, 4.69) is 18.3 Å². The minimum absolute atomic E-state index is 1.10. The predicted molar refractivity (Wildman–Crippen MR) is 39.5 cm³/mol. The highest BCUT2D eigenvalue weighted by molar-refractivity contribution is 7.47. The molecule has 0 heterocycles. The van der Waals surface area contributed by atoms with Crippen molar-refractivity contribution >= 4 is 17.1 Å². The second-order valence-corrected chi connectivity index (χ2v) is 2.50. The molecule has 0 fully saturated rings. The number of phosphoric acid groups is 1. The summed E-state index contributed by atoms with van der Waals surface area (Å²) in [5, 5.41) is 0. The van der Waals surface area contributed by atoms with Gasteiger partial charge in [-0.05, 0) is 0 Å². The fourth-order valence-electron chi connectivity index (χ4n) is 0.0745. The van der Waals surface area contributed by atoms with Crippen molar-refractivity contribution in [2.45, 2.75) is 0 Å². The van der Waals surface area contributed by atoms with Crippen LogP contribution in [0.2, 0.25) is 0 Å². The summed E-state index contributed by atoms with van der Waals surface area (Å²) in [4.78, 5) is 8.24. The zero-order chi connectivity index (χ0) is 7.91. The molecule has 6 heteroatoms. The van der Waals surface area contributed by atoms with Crippen LogP contribution in [0.3, 0.4) is 0 Å². The van der Waals surface area contributed by atoms with Gasteiger partial charge in [0.1, 0.15) is 0 Å². The molecule has 0 rings (SSSR count). The average Bonchev–Trinajstić information content (AvgIpc) is 1.93. The van der Waals surface area contributed by atoms with E-state index in [0.717, 1.165) is 14.2 Å². The van der Waals surface area contributed by atoms with Gasteiger partial charge in [-0.3, -0.25) is 9.05 Å². The lowest BCUT2D eigenvalue weighted by molar-refractivity contribution is 0.204. The van der Waals surface area contributed by atoms with Crippen LogP contribution >= 0.6 is 17.1 Å². The average molecular weight is 174 g/mol. The fraction of sp³-hybridized carbons (Fsp3) is 1.00. The van der Waals surface area contributed by atoms with Crippen LogP contribution in [-0.4, -0.2) is 25.8 Å². The molecule has 1 unspecified atom stereocenters. The minimum Gasteiger partial charge on any atom is -0.303 e. The second-order valence-electron chi connectivity index (χ2n) is 0.834. The molecule has 0 aromatic rings. The van der Waals surface area contributed by atoms with Crippen LogP contribution < -0.4 is 0 Å². The molecule has 0 amide bonds. The lowest BCUT2D eigenvalue weighted by Gasteiger charge is -2.01. The molecule has 0 aromatic carbocycles. The monoisotopic (exact) mass is 174 g/mol. The Labute approximate surface area is 57.4 Å². The van der Waals surface area contributed by atoms with E-state index in [1.165, 1.54) is 0 Å². The van der Waals surface area contributed by atoms with Crippen LogP contribution in [0.4, 0.5) is 0 Å². The van der Waals surface area contributed by atoms with E-state index >= 15 is 0 Å². The van der Waals surface area contributed by atoms with E-state index in [4.69, 9.17) is 4.89 Å². The van der Waals surface area contributed by atoms with Crippen molar-refractivity contribution in [2.24, 2.45) is 0 Å². The molecule has 1 atom stereocenters. The Kier molecular flexibility index (Phi) is 9.05. The first-order chi connectivity index (χ1) is 4.12. The fourth-order valence-corrected chi connectivity index (χ4v) is 0.224. The molecule has 9 heavy (non-hydrogen) atoms. The van der Waals surface area contributed by atoms with Crippen molar-refractivity contribution in [3.05, 3.63) is 0 Å². The van der Waals surface area contributed by atoms with Gasteiger partial charge in [0.2, 0.25) is 0 Å². The summed E-state index contributed by atoms with van der Waals surface area (Å²) >= 11 is 0. The summed E-state index contributed by atoms with van der Waals surface area (Å²) in [6, 6.07) is 0. The van der Waals surface area contributed by atoms with E-state index in [-0.39, 0.29) is 0 Å². The van der Waals surface area contributed by atoms with E-state index in [0.29, 0.717) is 0 Å². The van der Waals surface area contributed by atoms with Crippen LogP contribution in [0, 0.1) is 0 Å². The van der Waals surface area contributed by atoms with Gasteiger partial charge < -0.3 is 4.89 Å². The van der Waals surface area contributed by atoms with Crippen molar-refractivity contribution in [3.8, 4) is 0 Å². The first-order valence-electron chi connectivity index (χ1n) is 2.14. The quantitative estimate of drug-likeness (QED) is 0.631. The molecule has 0 radical (unpaired) electrons. The molecule has 0 saturated carbocycles. The summed E-state index contributed by atoms with van der Waals surface area (Å²) in [6.45, 7) is 1.92. The summed E-state index contributed by atoms with van der Waals surface area (Å²) in [5.41, 5.74) is 0. The molecule has 4 nitrogen and oxygen atoms in total. The summed E-state index contributed by atoms with van der Waals surface area (Å²) < 4.78 is 18.0. The van der Waals surface area contributed by atoms with E-state index in [1.807, 2.05) is 6.66 Å². The van der Waals surface area contributed by atoms with Crippen LogP contribution in [-0.2, 0) is 13.6 Å². The Hall–Kier alpha value is 0.540. The van der Waals surface area contributed by atoms with E-state index in [9.17, 15) is 4.57 Å². The van der Waals surface area contributed by atoms with Gasteiger partial charge in [0.05, 0.1) is 0 Å². The first-order valence-corrected chi connectivity index (χ1v) is 4.79. The smallest absolute Gasteiger partial charge is 0.303 e. The molecule has 0 bridgehead atoms. The summed E-state index contributed by atoms with van der Waals surface area (Å²) in [5.74, 6) is 0. The topological polar surface area (TPSA) is 55.8 Å². The van der Waals surface area contributed by atoms with E-state index < -0.39 is 7.82 Å². The zero-order valence-corrected chi connectivity index (χ0v) is 7.75. The van der Waals surface area contributed by atoms with Gasteiger partial charge >= 0.3 is 7.82 Å². The molecule has 58 valence electrons. The van der Waals surface area contributed by atoms with Gasteiger partial charge in [-0.25, -0.2) is 4.57 Å². The predicted octanol–water partition coefficient (Wildman–Crippen LogP) is 0.871. The first kappa shape index (κ1) is 12.2. The van der Waals surface area contributed by atoms with Gasteiger partial charge in [-0.1, -0.05) is 6.66 Å². The largest absolute Gasteiger partial charge is 0.471 e. The van der Waals surface area contributed by atoms with Gasteiger partial charge in [0.25, 0.3) is 0 Å². The molecule has 1 N–H and O–H groups in total. The molecular weight excluding hydrogens is 162 g/mol. The van der Waals surface area contributed by atoms with Crippen molar-refractivity contribution in [2.75, 3.05) is 20.9 Å². The van der Waals surface area contributed by atoms with E-state index in [1.54, 1.807) is 0 Å². The third-order valence-corrected chi connectivity index (χ3v) is 1.38. The molecular formula is C3H12O4P2. The summed E-state index contributed by atoms with van der Waals surface area (Å²) in [7, 11) is 0.965. The summed E-state index contributed by atoms with van der Waals surface area (Å²) in [6.07, 6.45) is 0. The highest BCUT2D eigenvalue weighted by Crippen LogP contribution is 2.40. The molecule has 0 aliphatic carbocycles. The van der Waals surface area contributed by atoms with Crippen molar-refractivity contribution < 1.29 is 18.5 Å². The number of rotatable bonds is 2. The van der Waals surface area contributed by atoms with Crippen LogP contribution in [0.1, 0.15) is 0 Å². The molecule has 0 aliphatic heterocycles. The molecule has 0 spiro atoms. The maximum absolute atomic E-state index is 10.1. The second kappa shape index (κ2) is 6.66. The maximum Gasteiger partial charge on any atom is 0.471 e. The standard InChI is InChI=1S/C2H7O4P.CH5P/c1-5-7(3,4)6-2;1-2/h1-2H3,(H,3,4);2H2,1H3. The lowest BCUT2D eigenvalue weighted by atomic mass is 11.8. The normalized spacial score (nSPS) is 9.89. The maximum atomic E-state index is 10.1. The highest BCUT2D eigenvalue weighted by Gasteiger charge is 2.13. The Morgan fingerprint density at radius 1 is 1.33 bits per heavy atom. The highest BCUT2D eigenvalue weighted by atomic mass is 31.2. The number of hydrogen-bond donors (Lipinski definition) is 1.